The van der Waals surface area contributed by atoms with Gasteiger partial charge in [0.25, 0.3) is 0 Å². The average Bonchev–Trinajstić information content (AvgIpc) is 2.78. The molecule has 2 heteroatoms. The molecule has 0 saturated heterocycles. The third kappa shape index (κ3) is 1.80. The van der Waals surface area contributed by atoms with Crippen molar-refractivity contribution < 1.29 is 5.11 Å². The van der Waals surface area contributed by atoms with Crippen molar-refractivity contribution >= 4 is 10.8 Å². The van der Waals surface area contributed by atoms with Crippen molar-refractivity contribution in [2.75, 3.05) is 0 Å². The van der Waals surface area contributed by atoms with Crippen LogP contribution in [0.4, 0.5) is 0 Å². The van der Waals surface area contributed by atoms with Crippen LogP contribution in [0.25, 0.3) is 10.8 Å². The van der Waals surface area contributed by atoms with Gasteiger partial charge in [-0.2, -0.15) is 0 Å². The Hall–Kier alpha value is -2.22. The van der Waals surface area contributed by atoms with E-state index in [2.05, 4.69) is 26.0 Å². The number of hydrogen-bond acceptors (Lipinski definition) is 1. The van der Waals surface area contributed by atoms with E-state index in [0.29, 0.717) is 5.88 Å². The van der Waals surface area contributed by atoms with Crippen LogP contribution in [0.5, 0.6) is 5.88 Å². The largest absolute Gasteiger partial charge is 0.494 e. The van der Waals surface area contributed by atoms with Crippen LogP contribution in [-0.2, 0) is 5.54 Å². The van der Waals surface area contributed by atoms with E-state index in [0.717, 1.165) is 10.8 Å². The van der Waals surface area contributed by atoms with E-state index in [4.69, 9.17) is 0 Å². The molecule has 0 aliphatic rings. The van der Waals surface area contributed by atoms with Crippen molar-refractivity contribution in [1.82, 2.24) is 4.57 Å². The number of hydrogen-bond donors (Lipinski definition) is 1. The molecule has 0 saturated carbocycles. The summed E-state index contributed by atoms with van der Waals surface area (Å²) in [5, 5.41) is 12.4. The summed E-state index contributed by atoms with van der Waals surface area (Å²) in [6.07, 6.45) is 2.01. The van der Waals surface area contributed by atoms with Gasteiger partial charge in [0.15, 0.2) is 5.88 Å². The number of aromatic nitrogens is 1. The lowest BCUT2D eigenvalue weighted by Gasteiger charge is -2.28. The predicted octanol–water partition coefficient (Wildman–Crippen LogP) is 4.13. The minimum absolute atomic E-state index is 0.287. The van der Waals surface area contributed by atoms with Crippen molar-refractivity contribution in [2.24, 2.45) is 0 Å². The summed E-state index contributed by atoms with van der Waals surface area (Å²) in [7, 11) is 0. The van der Waals surface area contributed by atoms with Crippen LogP contribution < -0.4 is 0 Å². The molecule has 0 aliphatic heterocycles. The predicted molar refractivity (Wildman–Crippen MR) is 78.5 cm³/mol. The molecule has 0 spiro atoms. The molecule has 2 aromatic carbocycles. The second kappa shape index (κ2) is 4.16. The Bertz CT molecular complexity index is 710. The van der Waals surface area contributed by atoms with Crippen LogP contribution in [0.1, 0.15) is 19.4 Å². The minimum atomic E-state index is -0.287. The Balaban J connectivity index is 2.21. The zero-order valence-corrected chi connectivity index (χ0v) is 11.2. The highest BCUT2D eigenvalue weighted by Gasteiger charge is 2.25. The number of nitrogens with zero attached hydrogens (tertiary/aromatic N) is 1. The summed E-state index contributed by atoms with van der Waals surface area (Å²) in [4.78, 5) is 0. The molecule has 1 N–H and O–H groups in total. The quantitative estimate of drug-likeness (QED) is 0.728. The molecule has 96 valence electrons. The highest BCUT2D eigenvalue weighted by Crippen LogP contribution is 2.35. The van der Waals surface area contributed by atoms with Crippen LogP contribution in [0.2, 0.25) is 0 Å². The van der Waals surface area contributed by atoms with E-state index in [1.54, 1.807) is 0 Å². The third-order valence-electron chi connectivity index (χ3n) is 3.78. The number of fused-ring (bicyclic) bond motifs is 1. The van der Waals surface area contributed by atoms with Gasteiger partial charge in [0.1, 0.15) is 0 Å². The van der Waals surface area contributed by atoms with E-state index in [1.807, 2.05) is 53.2 Å². The number of benzene rings is 2. The van der Waals surface area contributed by atoms with E-state index in [9.17, 15) is 5.11 Å². The lowest BCUT2D eigenvalue weighted by atomic mass is 9.94. The van der Waals surface area contributed by atoms with Gasteiger partial charge in [-0.05, 0) is 25.5 Å². The van der Waals surface area contributed by atoms with Crippen molar-refractivity contribution in [3.63, 3.8) is 0 Å². The second-order valence-corrected chi connectivity index (χ2v) is 5.34. The maximum absolute atomic E-state index is 10.4. The fourth-order valence-electron chi connectivity index (χ4n) is 2.55. The Morgan fingerprint density at radius 1 is 0.895 bits per heavy atom. The molecule has 1 aromatic heterocycles. The molecule has 0 amide bonds. The minimum Gasteiger partial charge on any atom is -0.494 e. The topological polar surface area (TPSA) is 25.2 Å². The van der Waals surface area contributed by atoms with E-state index >= 15 is 0 Å². The second-order valence-electron chi connectivity index (χ2n) is 5.34. The Morgan fingerprint density at radius 3 is 2.21 bits per heavy atom. The van der Waals surface area contributed by atoms with Gasteiger partial charge in [-0.1, -0.05) is 48.5 Å². The van der Waals surface area contributed by atoms with Gasteiger partial charge in [0.2, 0.25) is 0 Å². The Labute approximate surface area is 112 Å². The van der Waals surface area contributed by atoms with E-state index < -0.39 is 0 Å². The summed E-state index contributed by atoms with van der Waals surface area (Å²) in [5.74, 6) is 0.324. The lowest BCUT2D eigenvalue weighted by molar-refractivity contribution is 0.350. The first-order chi connectivity index (χ1) is 9.10. The van der Waals surface area contributed by atoms with Crippen LogP contribution >= 0.6 is 0 Å². The van der Waals surface area contributed by atoms with Gasteiger partial charge in [-0.15, -0.1) is 0 Å². The molecule has 0 radical (unpaired) electrons. The standard InChI is InChI=1S/C17H17NO/c1-17(2,14-9-4-3-5-10-14)18-12-13-8-6-7-11-15(13)16(18)19/h3-12,19H,1-2H3. The number of aromatic hydroxyl groups is 1. The maximum atomic E-state index is 10.4. The molecular formula is C17H17NO. The summed E-state index contributed by atoms with van der Waals surface area (Å²) in [5.41, 5.74) is 0.885. The molecule has 2 nitrogen and oxygen atoms in total. The fourth-order valence-corrected chi connectivity index (χ4v) is 2.55. The summed E-state index contributed by atoms with van der Waals surface area (Å²) in [6, 6.07) is 18.1. The Kier molecular flexibility index (Phi) is 2.59. The molecule has 0 atom stereocenters. The zero-order chi connectivity index (χ0) is 13.5. The van der Waals surface area contributed by atoms with E-state index in [1.165, 1.54) is 5.56 Å². The lowest BCUT2D eigenvalue weighted by Crippen LogP contribution is -2.26. The summed E-state index contributed by atoms with van der Waals surface area (Å²) < 4.78 is 1.94. The number of rotatable bonds is 2. The normalized spacial score (nSPS) is 11.9. The molecule has 3 rings (SSSR count). The summed E-state index contributed by atoms with van der Waals surface area (Å²) >= 11 is 0. The van der Waals surface area contributed by atoms with Gasteiger partial charge in [0, 0.05) is 17.0 Å². The van der Waals surface area contributed by atoms with Crippen molar-refractivity contribution in [2.45, 2.75) is 19.4 Å². The molecule has 0 fully saturated rings. The Morgan fingerprint density at radius 2 is 1.53 bits per heavy atom. The monoisotopic (exact) mass is 251 g/mol. The highest BCUT2D eigenvalue weighted by atomic mass is 16.3. The van der Waals surface area contributed by atoms with Gasteiger partial charge >= 0.3 is 0 Å². The van der Waals surface area contributed by atoms with Crippen LogP contribution in [0, 0.1) is 0 Å². The zero-order valence-electron chi connectivity index (χ0n) is 11.2. The van der Waals surface area contributed by atoms with Gasteiger partial charge in [-0.25, -0.2) is 0 Å². The molecule has 19 heavy (non-hydrogen) atoms. The third-order valence-corrected chi connectivity index (χ3v) is 3.78. The molecule has 0 unspecified atom stereocenters. The average molecular weight is 251 g/mol. The first-order valence-electron chi connectivity index (χ1n) is 6.46. The van der Waals surface area contributed by atoms with Crippen molar-refractivity contribution in [1.29, 1.82) is 0 Å². The molecule has 3 aromatic rings. The van der Waals surface area contributed by atoms with Crippen molar-refractivity contribution in [3.8, 4) is 5.88 Å². The molecule has 1 heterocycles. The molecule has 0 aliphatic carbocycles. The highest BCUT2D eigenvalue weighted by molar-refractivity contribution is 5.88. The van der Waals surface area contributed by atoms with Crippen LogP contribution in [0.3, 0.4) is 0 Å². The first-order valence-corrected chi connectivity index (χ1v) is 6.46. The van der Waals surface area contributed by atoms with Gasteiger partial charge in [-0.3, -0.25) is 0 Å². The first kappa shape index (κ1) is 11.8. The molecule has 0 bridgehead atoms. The molecular weight excluding hydrogens is 234 g/mol. The van der Waals surface area contributed by atoms with E-state index in [-0.39, 0.29) is 5.54 Å². The van der Waals surface area contributed by atoms with Crippen LogP contribution in [0.15, 0.2) is 60.8 Å². The van der Waals surface area contributed by atoms with Crippen molar-refractivity contribution in [3.05, 3.63) is 66.4 Å². The maximum Gasteiger partial charge on any atom is 0.199 e. The fraction of sp³-hybridized carbons (Fsp3) is 0.176. The SMILES string of the molecule is CC(C)(c1ccccc1)n1cc2ccccc2c1O. The smallest absolute Gasteiger partial charge is 0.199 e. The summed E-state index contributed by atoms with van der Waals surface area (Å²) in [6.45, 7) is 4.22. The van der Waals surface area contributed by atoms with Gasteiger partial charge < -0.3 is 9.67 Å². The van der Waals surface area contributed by atoms with Gasteiger partial charge in [0.05, 0.1) is 5.54 Å². The van der Waals surface area contributed by atoms with Crippen LogP contribution in [-0.4, -0.2) is 9.67 Å².